The van der Waals surface area contributed by atoms with Gasteiger partial charge in [0.15, 0.2) is 11.4 Å². The van der Waals surface area contributed by atoms with E-state index in [4.69, 9.17) is 14.8 Å². The first-order valence-electron chi connectivity index (χ1n) is 12.8. The Balaban J connectivity index is 1.45. The number of likely N-dealkylation sites (N-methyl/N-ethyl adjacent to an activating group) is 1. The van der Waals surface area contributed by atoms with Gasteiger partial charge in [-0.05, 0) is 25.8 Å². The predicted molar refractivity (Wildman–Crippen MR) is 149 cm³/mol. The van der Waals surface area contributed by atoms with E-state index in [0.717, 1.165) is 57.9 Å². The number of rotatable bonds is 7. The van der Waals surface area contributed by atoms with Crippen molar-refractivity contribution in [3.8, 4) is 27.7 Å². The Bertz CT molecular complexity index is 1450. The van der Waals surface area contributed by atoms with Gasteiger partial charge in [-0.25, -0.2) is 14.5 Å². The molecule has 5 heterocycles. The normalized spacial score (nSPS) is 16.5. The molecule has 4 aromatic rings. The fourth-order valence-electron chi connectivity index (χ4n) is 5.05. The first kappa shape index (κ1) is 26.1. The molecule has 1 atom stereocenters. The van der Waals surface area contributed by atoms with Gasteiger partial charge in [0.05, 0.1) is 25.0 Å². The number of thiazole rings is 1. The molecule has 1 saturated heterocycles. The number of carbonyl (C=O) groups is 1. The number of amides is 1. The molecule has 1 fully saturated rings. The van der Waals surface area contributed by atoms with E-state index in [0.29, 0.717) is 17.9 Å². The third-order valence-electron chi connectivity index (χ3n) is 7.04. The van der Waals surface area contributed by atoms with Crippen molar-refractivity contribution in [1.29, 1.82) is 0 Å². The maximum atomic E-state index is 12.2. The third kappa shape index (κ3) is 4.73. The van der Waals surface area contributed by atoms with Crippen molar-refractivity contribution in [1.82, 2.24) is 39.6 Å². The van der Waals surface area contributed by atoms with Crippen molar-refractivity contribution in [2.45, 2.75) is 39.7 Å². The molecule has 4 aromatic heterocycles. The maximum Gasteiger partial charge on any atom is 0.236 e. The van der Waals surface area contributed by atoms with Crippen molar-refractivity contribution in [2.24, 2.45) is 0 Å². The van der Waals surface area contributed by atoms with Crippen LogP contribution in [0.5, 0.6) is 5.75 Å². The standard InChI is InChI=1S/C26H35N9O2S/c1-15(2)21-22(18-10-19(37-7)24-27-14-28-35(24)12-18)30-31-23(21)25-29-17(4)26(38-25)34-9-8-33(11-16(34)3)13-20(36)32(5)6/h10,12,14-16H,8-9,11,13H2,1-7H3,(H,30,31)/t16-/m1/s1. The Hall–Kier alpha value is -3.51. The van der Waals surface area contributed by atoms with Crippen LogP contribution in [0.1, 0.15) is 37.9 Å². The Kier molecular flexibility index (Phi) is 7.10. The first-order valence-corrected chi connectivity index (χ1v) is 13.6. The van der Waals surface area contributed by atoms with Crippen LogP contribution in [-0.2, 0) is 4.79 Å². The lowest BCUT2D eigenvalue weighted by Crippen LogP contribution is -2.54. The summed E-state index contributed by atoms with van der Waals surface area (Å²) in [5, 5.41) is 14.4. The molecule has 0 bridgehead atoms. The Morgan fingerprint density at radius 2 is 2.11 bits per heavy atom. The van der Waals surface area contributed by atoms with E-state index >= 15 is 0 Å². The number of aromatic amines is 1. The van der Waals surface area contributed by atoms with Crippen LogP contribution in [0.15, 0.2) is 18.6 Å². The van der Waals surface area contributed by atoms with E-state index in [1.807, 2.05) is 12.3 Å². The zero-order valence-corrected chi connectivity index (χ0v) is 23.8. The van der Waals surface area contributed by atoms with Crippen molar-refractivity contribution >= 4 is 27.9 Å². The van der Waals surface area contributed by atoms with Gasteiger partial charge < -0.3 is 14.5 Å². The van der Waals surface area contributed by atoms with Gasteiger partial charge in [-0.2, -0.15) is 10.2 Å². The maximum absolute atomic E-state index is 12.2. The number of aromatic nitrogens is 6. The molecule has 0 aromatic carbocycles. The number of aryl methyl sites for hydroxylation is 1. The van der Waals surface area contributed by atoms with Gasteiger partial charge in [-0.15, -0.1) is 0 Å². The molecule has 0 aliphatic carbocycles. The van der Waals surface area contributed by atoms with Gasteiger partial charge in [-0.3, -0.25) is 14.8 Å². The lowest BCUT2D eigenvalue weighted by molar-refractivity contribution is -0.130. The Morgan fingerprint density at radius 3 is 2.79 bits per heavy atom. The van der Waals surface area contributed by atoms with Gasteiger partial charge in [0, 0.05) is 57.1 Å². The number of hydrogen-bond acceptors (Lipinski definition) is 9. The van der Waals surface area contributed by atoms with Crippen LogP contribution in [0.2, 0.25) is 0 Å². The van der Waals surface area contributed by atoms with E-state index in [2.05, 4.69) is 52.7 Å². The summed E-state index contributed by atoms with van der Waals surface area (Å²) in [4.78, 5) is 27.8. The summed E-state index contributed by atoms with van der Waals surface area (Å²) >= 11 is 1.68. The molecule has 1 N–H and O–H groups in total. The zero-order valence-electron chi connectivity index (χ0n) is 23.0. The Labute approximate surface area is 226 Å². The van der Waals surface area contributed by atoms with Crippen LogP contribution in [0, 0.1) is 6.92 Å². The number of carbonyl (C=O) groups excluding carboxylic acids is 1. The van der Waals surface area contributed by atoms with E-state index in [-0.39, 0.29) is 17.9 Å². The van der Waals surface area contributed by atoms with Crippen LogP contribution in [0.3, 0.4) is 0 Å². The quantitative estimate of drug-likeness (QED) is 0.383. The first-order chi connectivity index (χ1) is 18.2. The lowest BCUT2D eigenvalue weighted by atomic mass is 9.97. The molecule has 0 unspecified atom stereocenters. The molecule has 0 saturated carbocycles. The minimum Gasteiger partial charge on any atom is -0.493 e. The summed E-state index contributed by atoms with van der Waals surface area (Å²) in [6, 6.07) is 2.24. The fraction of sp³-hybridized carbons (Fsp3) is 0.500. The van der Waals surface area contributed by atoms with Gasteiger partial charge >= 0.3 is 0 Å². The van der Waals surface area contributed by atoms with Gasteiger partial charge in [0.1, 0.15) is 22.0 Å². The van der Waals surface area contributed by atoms with E-state index in [1.165, 1.54) is 6.33 Å². The lowest BCUT2D eigenvalue weighted by Gasteiger charge is -2.40. The molecule has 1 amide bonds. The van der Waals surface area contributed by atoms with Crippen molar-refractivity contribution < 1.29 is 9.53 Å². The van der Waals surface area contributed by atoms with Crippen LogP contribution < -0.4 is 9.64 Å². The van der Waals surface area contributed by atoms with Crippen LogP contribution >= 0.6 is 11.3 Å². The topological polar surface area (TPSA) is 108 Å². The highest BCUT2D eigenvalue weighted by molar-refractivity contribution is 7.19. The summed E-state index contributed by atoms with van der Waals surface area (Å²) in [5.74, 6) is 0.997. The number of fused-ring (bicyclic) bond motifs is 1. The number of methoxy groups -OCH3 is 1. The molecule has 0 spiro atoms. The average molecular weight is 538 g/mol. The number of H-pyrrole nitrogens is 1. The third-order valence-corrected chi connectivity index (χ3v) is 8.24. The van der Waals surface area contributed by atoms with Crippen LogP contribution in [0.4, 0.5) is 5.00 Å². The molecule has 1 aliphatic heterocycles. The summed E-state index contributed by atoms with van der Waals surface area (Å²) in [6.07, 6.45) is 3.46. The van der Waals surface area contributed by atoms with Crippen molar-refractivity contribution in [3.63, 3.8) is 0 Å². The number of ether oxygens (including phenoxy) is 1. The molecule has 38 heavy (non-hydrogen) atoms. The fourth-order valence-corrected chi connectivity index (χ4v) is 6.25. The molecule has 1 aliphatic rings. The van der Waals surface area contributed by atoms with E-state index in [1.54, 1.807) is 42.0 Å². The number of anilines is 1. The predicted octanol–water partition coefficient (Wildman–Crippen LogP) is 3.28. The highest BCUT2D eigenvalue weighted by Gasteiger charge is 2.30. The molecule has 11 nitrogen and oxygen atoms in total. The summed E-state index contributed by atoms with van der Waals surface area (Å²) in [5.41, 5.74) is 5.49. The molecular weight excluding hydrogens is 502 g/mol. The monoisotopic (exact) mass is 537 g/mol. The van der Waals surface area contributed by atoms with Gasteiger partial charge in [0.25, 0.3) is 0 Å². The highest BCUT2D eigenvalue weighted by Crippen LogP contribution is 2.41. The summed E-state index contributed by atoms with van der Waals surface area (Å²) in [7, 11) is 5.25. The second-order valence-corrected chi connectivity index (χ2v) is 11.3. The number of nitrogens with zero attached hydrogens (tertiary/aromatic N) is 8. The molecule has 5 rings (SSSR count). The molecule has 0 radical (unpaired) electrons. The zero-order chi connectivity index (χ0) is 27.1. The van der Waals surface area contributed by atoms with E-state index < -0.39 is 0 Å². The number of hydrogen-bond donors (Lipinski definition) is 1. The second-order valence-electron chi connectivity index (χ2n) is 10.3. The summed E-state index contributed by atoms with van der Waals surface area (Å²) < 4.78 is 7.30. The molecule has 202 valence electrons. The number of piperazine rings is 1. The van der Waals surface area contributed by atoms with Crippen LogP contribution in [0.25, 0.3) is 27.6 Å². The SMILES string of the molecule is COc1cc(-c2[nH]nc(-c3nc(C)c(N4CCN(CC(=O)N(C)C)C[C@H]4C)s3)c2C(C)C)cn2ncnc12. The molecule has 12 heteroatoms. The molecular formula is C26H35N9O2S. The van der Waals surface area contributed by atoms with Crippen LogP contribution in [-0.4, -0.2) is 98.9 Å². The Morgan fingerprint density at radius 1 is 1.32 bits per heavy atom. The minimum absolute atomic E-state index is 0.137. The van der Waals surface area contributed by atoms with Crippen molar-refractivity contribution in [3.05, 3.63) is 29.8 Å². The van der Waals surface area contributed by atoms with Gasteiger partial charge in [-0.1, -0.05) is 25.2 Å². The minimum atomic E-state index is 0.137. The second kappa shape index (κ2) is 10.3. The average Bonchev–Trinajstić information content (AvgIpc) is 3.61. The van der Waals surface area contributed by atoms with Gasteiger partial charge in [0.2, 0.25) is 5.91 Å². The number of pyridine rings is 1. The highest BCUT2D eigenvalue weighted by atomic mass is 32.1. The van der Waals surface area contributed by atoms with E-state index in [9.17, 15) is 4.79 Å². The van der Waals surface area contributed by atoms with Crippen molar-refractivity contribution in [2.75, 3.05) is 52.3 Å². The largest absolute Gasteiger partial charge is 0.493 e. The number of nitrogens with one attached hydrogen (secondary N) is 1. The smallest absolute Gasteiger partial charge is 0.236 e. The summed E-state index contributed by atoms with van der Waals surface area (Å²) in [6.45, 7) is 11.6.